The molecule has 4 nitrogen and oxygen atoms in total. The van der Waals surface area contributed by atoms with E-state index in [1.54, 1.807) is 0 Å². The molecule has 3 rings (SSSR count). The number of fused-ring (bicyclic) bond motifs is 1. The first-order valence-corrected chi connectivity index (χ1v) is 6.41. The highest BCUT2D eigenvalue weighted by Gasteiger charge is 2.09. The number of benzene rings is 1. The van der Waals surface area contributed by atoms with Crippen LogP contribution in [0.4, 0.5) is 5.69 Å². The third-order valence-electron chi connectivity index (χ3n) is 3.26. The lowest BCUT2D eigenvalue weighted by Crippen LogP contribution is -2.04. The Morgan fingerprint density at radius 2 is 1.95 bits per heavy atom. The van der Waals surface area contributed by atoms with E-state index in [2.05, 4.69) is 21.5 Å². The molecule has 0 radical (unpaired) electrons. The molecule has 2 N–H and O–H groups in total. The van der Waals surface area contributed by atoms with Crippen molar-refractivity contribution in [3.63, 3.8) is 0 Å². The van der Waals surface area contributed by atoms with Crippen LogP contribution in [0.1, 0.15) is 18.3 Å². The lowest BCUT2D eigenvalue weighted by atomic mass is 10.2. The Labute approximate surface area is 111 Å². The molecular formula is C15H16N4. The van der Waals surface area contributed by atoms with Crippen LogP contribution in [0.5, 0.6) is 0 Å². The Balaban J connectivity index is 2.11. The summed E-state index contributed by atoms with van der Waals surface area (Å²) in [6, 6.07) is 9.95. The van der Waals surface area contributed by atoms with Crippen molar-refractivity contribution in [2.45, 2.75) is 19.9 Å². The van der Waals surface area contributed by atoms with E-state index in [-0.39, 0.29) is 0 Å². The van der Waals surface area contributed by atoms with Gasteiger partial charge in [0, 0.05) is 31.0 Å². The van der Waals surface area contributed by atoms with Gasteiger partial charge in [0.05, 0.1) is 11.0 Å². The van der Waals surface area contributed by atoms with Gasteiger partial charge in [-0.25, -0.2) is 4.98 Å². The fourth-order valence-corrected chi connectivity index (χ4v) is 2.31. The second-order valence-electron chi connectivity index (χ2n) is 4.57. The average molecular weight is 252 g/mol. The number of nitrogen functional groups attached to an aromatic ring is 1. The van der Waals surface area contributed by atoms with E-state index in [1.807, 2.05) is 42.7 Å². The van der Waals surface area contributed by atoms with Gasteiger partial charge in [-0.05, 0) is 35.9 Å². The first-order chi connectivity index (χ1) is 9.28. The number of aromatic nitrogens is 3. The minimum absolute atomic E-state index is 0.753. The number of anilines is 1. The quantitative estimate of drug-likeness (QED) is 0.729. The molecule has 4 heteroatoms. The minimum Gasteiger partial charge on any atom is -0.399 e. The molecule has 2 heterocycles. The van der Waals surface area contributed by atoms with Gasteiger partial charge in [-0.15, -0.1) is 0 Å². The van der Waals surface area contributed by atoms with Crippen LogP contribution in [0.25, 0.3) is 11.0 Å². The van der Waals surface area contributed by atoms with Crippen LogP contribution in [-0.2, 0) is 13.0 Å². The summed E-state index contributed by atoms with van der Waals surface area (Å²) < 4.78 is 2.24. The number of hydrogen-bond acceptors (Lipinski definition) is 3. The van der Waals surface area contributed by atoms with Crippen LogP contribution < -0.4 is 5.73 Å². The average Bonchev–Trinajstić information content (AvgIpc) is 2.77. The molecular weight excluding hydrogens is 236 g/mol. The van der Waals surface area contributed by atoms with Crippen molar-refractivity contribution in [2.24, 2.45) is 0 Å². The Hall–Kier alpha value is -2.36. The third kappa shape index (κ3) is 2.17. The number of imidazole rings is 1. The normalized spacial score (nSPS) is 11.0. The Morgan fingerprint density at radius 3 is 2.68 bits per heavy atom. The highest BCUT2D eigenvalue weighted by molar-refractivity contribution is 5.79. The van der Waals surface area contributed by atoms with E-state index < -0.39 is 0 Å². The van der Waals surface area contributed by atoms with E-state index in [4.69, 9.17) is 5.73 Å². The number of nitrogens with zero attached hydrogens (tertiary/aromatic N) is 3. The van der Waals surface area contributed by atoms with Crippen molar-refractivity contribution in [3.8, 4) is 0 Å². The van der Waals surface area contributed by atoms with Crippen LogP contribution in [0.3, 0.4) is 0 Å². The molecule has 3 aromatic rings. The monoisotopic (exact) mass is 252 g/mol. The van der Waals surface area contributed by atoms with Crippen LogP contribution in [-0.4, -0.2) is 14.5 Å². The van der Waals surface area contributed by atoms with E-state index in [0.29, 0.717) is 0 Å². The molecule has 0 aliphatic carbocycles. The van der Waals surface area contributed by atoms with Gasteiger partial charge < -0.3 is 10.3 Å². The minimum atomic E-state index is 0.753. The summed E-state index contributed by atoms with van der Waals surface area (Å²) in [5, 5.41) is 0. The second-order valence-corrected chi connectivity index (χ2v) is 4.57. The first-order valence-electron chi connectivity index (χ1n) is 6.41. The highest BCUT2D eigenvalue weighted by Crippen LogP contribution is 2.20. The lowest BCUT2D eigenvalue weighted by molar-refractivity contribution is 0.752. The molecule has 0 atom stereocenters. The summed E-state index contributed by atoms with van der Waals surface area (Å²) >= 11 is 0. The molecule has 19 heavy (non-hydrogen) atoms. The highest BCUT2D eigenvalue weighted by atomic mass is 15.1. The Kier molecular flexibility index (Phi) is 2.91. The van der Waals surface area contributed by atoms with Gasteiger partial charge in [0.25, 0.3) is 0 Å². The van der Waals surface area contributed by atoms with Crippen molar-refractivity contribution in [1.82, 2.24) is 14.5 Å². The molecule has 0 amide bonds. The maximum atomic E-state index is 5.82. The van der Waals surface area contributed by atoms with Crippen LogP contribution in [0.2, 0.25) is 0 Å². The van der Waals surface area contributed by atoms with E-state index in [0.717, 1.165) is 35.5 Å². The Bertz CT molecular complexity index is 701. The van der Waals surface area contributed by atoms with Gasteiger partial charge in [0.1, 0.15) is 5.82 Å². The summed E-state index contributed by atoms with van der Waals surface area (Å²) in [5.74, 6) is 1.08. The Morgan fingerprint density at radius 1 is 1.16 bits per heavy atom. The number of hydrogen-bond donors (Lipinski definition) is 1. The molecule has 0 aliphatic heterocycles. The molecule has 0 fully saturated rings. The molecule has 0 unspecified atom stereocenters. The summed E-state index contributed by atoms with van der Waals surface area (Å²) in [5.41, 5.74) is 9.89. The predicted molar refractivity (Wildman–Crippen MR) is 76.9 cm³/mol. The van der Waals surface area contributed by atoms with Gasteiger partial charge in [0.15, 0.2) is 0 Å². The van der Waals surface area contributed by atoms with Crippen LogP contribution >= 0.6 is 0 Å². The van der Waals surface area contributed by atoms with E-state index >= 15 is 0 Å². The maximum Gasteiger partial charge on any atom is 0.109 e. The van der Waals surface area contributed by atoms with Crippen molar-refractivity contribution in [1.29, 1.82) is 0 Å². The third-order valence-corrected chi connectivity index (χ3v) is 3.26. The molecule has 1 aromatic carbocycles. The van der Waals surface area contributed by atoms with Crippen LogP contribution in [0, 0.1) is 0 Å². The van der Waals surface area contributed by atoms with Crippen molar-refractivity contribution >= 4 is 16.7 Å². The molecule has 96 valence electrons. The van der Waals surface area contributed by atoms with Crippen molar-refractivity contribution in [2.75, 3.05) is 5.73 Å². The van der Waals surface area contributed by atoms with Crippen LogP contribution in [0.15, 0.2) is 42.7 Å². The topological polar surface area (TPSA) is 56.7 Å². The standard InChI is InChI=1S/C15H16N4/c1-2-15-18-13-9-12(16)3-4-14(13)19(15)10-11-5-7-17-8-6-11/h3-9H,2,10,16H2,1H3. The molecule has 2 aromatic heterocycles. The fraction of sp³-hybridized carbons (Fsp3) is 0.200. The van der Waals surface area contributed by atoms with Gasteiger partial charge in [-0.3, -0.25) is 4.98 Å². The number of rotatable bonds is 3. The number of aryl methyl sites for hydroxylation is 1. The molecule has 0 saturated heterocycles. The zero-order valence-corrected chi connectivity index (χ0v) is 10.9. The van der Waals surface area contributed by atoms with Gasteiger partial charge in [-0.2, -0.15) is 0 Å². The molecule has 0 saturated carbocycles. The van der Waals surface area contributed by atoms with Crippen molar-refractivity contribution in [3.05, 3.63) is 54.1 Å². The first kappa shape index (κ1) is 11.7. The van der Waals surface area contributed by atoms with E-state index in [1.165, 1.54) is 5.56 Å². The number of pyridine rings is 1. The SMILES string of the molecule is CCc1nc2cc(N)ccc2n1Cc1ccncc1. The molecule has 0 aliphatic rings. The van der Waals surface area contributed by atoms with Gasteiger partial charge >= 0.3 is 0 Å². The second kappa shape index (κ2) is 4.72. The zero-order valence-electron chi connectivity index (χ0n) is 10.9. The van der Waals surface area contributed by atoms with Crippen molar-refractivity contribution < 1.29 is 0 Å². The number of nitrogens with two attached hydrogens (primary N) is 1. The fourth-order valence-electron chi connectivity index (χ4n) is 2.31. The van der Waals surface area contributed by atoms with E-state index in [9.17, 15) is 0 Å². The van der Waals surface area contributed by atoms with Gasteiger partial charge in [0.2, 0.25) is 0 Å². The molecule has 0 spiro atoms. The largest absolute Gasteiger partial charge is 0.399 e. The lowest BCUT2D eigenvalue weighted by Gasteiger charge is -2.08. The summed E-state index contributed by atoms with van der Waals surface area (Å²) in [6.07, 6.45) is 4.54. The maximum absolute atomic E-state index is 5.82. The summed E-state index contributed by atoms with van der Waals surface area (Å²) in [4.78, 5) is 8.71. The van der Waals surface area contributed by atoms with Gasteiger partial charge in [-0.1, -0.05) is 6.92 Å². The smallest absolute Gasteiger partial charge is 0.109 e. The zero-order chi connectivity index (χ0) is 13.2. The summed E-state index contributed by atoms with van der Waals surface area (Å²) in [7, 11) is 0. The summed E-state index contributed by atoms with van der Waals surface area (Å²) in [6.45, 7) is 2.93. The predicted octanol–water partition coefficient (Wildman–Crippen LogP) is 2.62. The molecule has 0 bridgehead atoms.